The Bertz CT molecular complexity index is 1520. The van der Waals surface area contributed by atoms with Crippen molar-refractivity contribution in [1.29, 1.82) is 0 Å². The highest BCUT2D eigenvalue weighted by Gasteiger charge is 2.54. The van der Waals surface area contributed by atoms with E-state index in [1.807, 2.05) is 6.08 Å². The third kappa shape index (κ3) is 12.2. The number of carbonyl (C=O) groups excluding carboxylic acids is 2. The first kappa shape index (κ1) is 51.0. The molecule has 1 aliphatic carbocycles. The van der Waals surface area contributed by atoms with Gasteiger partial charge in [-0.2, -0.15) is 0 Å². The standard InChI is InChI=1S/C42H79O10PSi3/c1-28(2)56(29(3)4,30(5)6)52-38-25-36(35(38)23-32(43)27-53(45,47-15)48-16)39-37(40(44)46-14)24-33(50-39)21-31(7)22-34(51-55(19,20)42(11,12)13)26-49-54(17,18)41(8,9)10/h21,24,28-30,34-36,38H,22-23,25-27H2,1-20H3/b31-21+/t34-,35+,36-,38-/m0/s1. The van der Waals surface area contributed by atoms with Gasteiger partial charge in [0.2, 0.25) is 8.32 Å². The smallest absolute Gasteiger partial charge is 0.341 e. The van der Waals surface area contributed by atoms with Crippen molar-refractivity contribution in [3.05, 3.63) is 28.7 Å². The van der Waals surface area contributed by atoms with Gasteiger partial charge in [-0.05, 0) is 84.8 Å². The zero-order chi connectivity index (χ0) is 43.4. The minimum Gasteiger partial charge on any atom is -0.465 e. The average molecular weight is 859 g/mol. The van der Waals surface area contributed by atoms with Gasteiger partial charge in [0.25, 0.3) is 0 Å². The second-order valence-electron chi connectivity index (χ2n) is 20.0. The second kappa shape index (κ2) is 19.5. The van der Waals surface area contributed by atoms with Crippen molar-refractivity contribution < 1.29 is 45.6 Å². The molecular weight excluding hydrogens is 780 g/mol. The van der Waals surface area contributed by atoms with Crippen LogP contribution in [0.4, 0.5) is 0 Å². The molecule has 0 spiro atoms. The maximum Gasteiger partial charge on any atom is 0.341 e. The molecule has 1 fully saturated rings. The zero-order valence-electron chi connectivity index (χ0n) is 38.8. The van der Waals surface area contributed by atoms with E-state index in [0.717, 1.165) is 5.57 Å². The van der Waals surface area contributed by atoms with Crippen LogP contribution in [0.2, 0.25) is 52.9 Å². The molecule has 0 unspecified atom stereocenters. The molecule has 324 valence electrons. The van der Waals surface area contributed by atoms with Crippen LogP contribution < -0.4 is 0 Å². The van der Waals surface area contributed by atoms with Crippen LogP contribution in [0.1, 0.15) is 137 Å². The van der Waals surface area contributed by atoms with E-state index < -0.39 is 38.5 Å². The SMILES string of the molecule is COC(=O)c1cc(/C=C(\C)C[C@@H](CO[Si](C)(C)C(C)(C)C)O[Si](C)(C)C(C)(C)C)oc1[C@H]1C[C@H](O[Si](C(C)C)(C(C)C)C(C)C)[C@@H]1CC(=O)CP(=O)(OC)OC. The third-order valence-corrected chi connectivity index (χ3v) is 30.1. The number of furan rings is 1. The Morgan fingerprint density at radius 2 is 1.41 bits per heavy atom. The molecule has 1 aromatic heterocycles. The molecule has 0 saturated heterocycles. The number of esters is 1. The van der Waals surface area contributed by atoms with Crippen LogP contribution in [0.15, 0.2) is 16.1 Å². The van der Waals surface area contributed by atoms with E-state index in [1.165, 1.54) is 21.3 Å². The Hall–Kier alpha value is -1.16. The fourth-order valence-electron chi connectivity index (χ4n) is 7.74. The minimum atomic E-state index is -3.58. The van der Waals surface area contributed by atoms with Gasteiger partial charge in [0, 0.05) is 38.6 Å². The van der Waals surface area contributed by atoms with Gasteiger partial charge in [0.05, 0.1) is 19.8 Å². The normalized spacial score (nSPS) is 19.8. The van der Waals surface area contributed by atoms with Crippen molar-refractivity contribution in [1.82, 2.24) is 0 Å². The Kier molecular flexibility index (Phi) is 17.7. The molecule has 1 aromatic rings. The quantitative estimate of drug-likeness (QED) is 0.0671. The Labute approximate surface area is 343 Å². The summed E-state index contributed by atoms with van der Waals surface area (Å²) in [6.07, 6.45) is 2.53. The Balaban J connectivity index is 2.60. The molecule has 2 rings (SSSR count). The molecule has 56 heavy (non-hydrogen) atoms. The predicted octanol–water partition coefficient (Wildman–Crippen LogP) is 12.4. The fourth-order valence-corrected chi connectivity index (χ4v) is 16.7. The molecule has 1 aliphatic rings. The number of ketones is 1. The first-order chi connectivity index (χ1) is 25.4. The Morgan fingerprint density at radius 1 is 0.893 bits per heavy atom. The van der Waals surface area contributed by atoms with Gasteiger partial charge < -0.3 is 31.5 Å². The van der Waals surface area contributed by atoms with Crippen LogP contribution in [0.3, 0.4) is 0 Å². The van der Waals surface area contributed by atoms with Crippen LogP contribution >= 0.6 is 7.60 Å². The summed E-state index contributed by atoms with van der Waals surface area (Å²) in [5.74, 6) is -0.346. The number of ether oxygens (including phenoxy) is 1. The average Bonchev–Trinajstić information content (AvgIpc) is 3.46. The molecule has 0 aliphatic heterocycles. The van der Waals surface area contributed by atoms with Crippen molar-refractivity contribution >= 4 is 50.4 Å². The van der Waals surface area contributed by atoms with E-state index in [1.54, 1.807) is 6.07 Å². The van der Waals surface area contributed by atoms with E-state index in [4.69, 9.17) is 31.5 Å². The van der Waals surface area contributed by atoms with Crippen LogP contribution in [0, 0.1) is 5.92 Å². The summed E-state index contributed by atoms with van der Waals surface area (Å²) in [7, 11) is -6.16. The maximum absolute atomic E-state index is 13.6. The fraction of sp³-hybridized carbons (Fsp3) is 0.810. The van der Waals surface area contributed by atoms with E-state index >= 15 is 0 Å². The van der Waals surface area contributed by atoms with E-state index in [2.05, 4.69) is 116 Å². The zero-order valence-corrected chi connectivity index (χ0v) is 42.7. The molecule has 4 atom stereocenters. The molecule has 0 aromatic carbocycles. The summed E-state index contributed by atoms with van der Waals surface area (Å²) in [4.78, 5) is 27.0. The van der Waals surface area contributed by atoms with Crippen molar-refractivity contribution in [3.63, 3.8) is 0 Å². The first-order valence-electron chi connectivity index (χ1n) is 20.5. The summed E-state index contributed by atoms with van der Waals surface area (Å²) in [5.41, 5.74) is 2.38. The molecule has 1 saturated carbocycles. The molecular formula is C42H79O10PSi3. The number of methoxy groups -OCH3 is 1. The minimum absolute atomic E-state index is 0.0269. The van der Waals surface area contributed by atoms with Gasteiger partial charge in [0.15, 0.2) is 16.6 Å². The topological polar surface area (TPSA) is 120 Å². The first-order valence-corrected chi connectivity index (χ1v) is 30.2. The largest absolute Gasteiger partial charge is 0.465 e. The summed E-state index contributed by atoms with van der Waals surface area (Å²) in [6, 6.07) is 1.74. The molecule has 0 radical (unpaired) electrons. The van der Waals surface area contributed by atoms with Gasteiger partial charge >= 0.3 is 13.6 Å². The molecule has 0 amide bonds. The number of carbonyl (C=O) groups is 2. The van der Waals surface area contributed by atoms with Crippen LogP contribution in [-0.4, -0.2) is 83.0 Å². The van der Waals surface area contributed by atoms with Crippen molar-refractivity contribution in [2.75, 3.05) is 34.1 Å². The van der Waals surface area contributed by atoms with E-state index in [0.29, 0.717) is 53.2 Å². The number of Topliss-reactive ketones (excluding diaryl/α,β-unsaturated/α-hetero) is 1. The van der Waals surface area contributed by atoms with Crippen molar-refractivity contribution in [3.8, 4) is 0 Å². The highest BCUT2D eigenvalue weighted by atomic mass is 31.2. The summed E-state index contributed by atoms with van der Waals surface area (Å²) >= 11 is 0. The lowest BCUT2D eigenvalue weighted by Crippen LogP contribution is -2.55. The highest BCUT2D eigenvalue weighted by molar-refractivity contribution is 7.54. The predicted molar refractivity (Wildman–Crippen MR) is 236 cm³/mol. The van der Waals surface area contributed by atoms with Gasteiger partial charge in [0.1, 0.15) is 29.0 Å². The summed E-state index contributed by atoms with van der Waals surface area (Å²) in [5, 5.41) is 0.0940. The molecule has 10 nitrogen and oxygen atoms in total. The van der Waals surface area contributed by atoms with Crippen LogP contribution in [0.25, 0.3) is 6.08 Å². The van der Waals surface area contributed by atoms with Crippen molar-refractivity contribution in [2.24, 2.45) is 5.92 Å². The summed E-state index contributed by atoms with van der Waals surface area (Å²) in [6.45, 7) is 38.5. The lowest BCUT2D eigenvalue weighted by atomic mass is 9.67. The monoisotopic (exact) mass is 858 g/mol. The van der Waals surface area contributed by atoms with E-state index in [-0.39, 0.29) is 52.5 Å². The molecule has 0 N–H and O–H groups in total. The number of hydrogen-bond donors (Lipinski definition) is 0. The number of rotatable bonds is 21. The number of hydrogen-bond acceptors (Lipinski definition) is 10. The third-order valence-electron chi connectivity index (χ3n) is 13.1. The lowest BCUT2D eigenvalue weighted by molar-refractivity contribution is -0.121. The molecule has 14 heteroatoms. The molecule has 0 bridgehead atoms. The molecule has 1 heterocycles. The van der Waals surface area contributed by atoms with Gasteiger partial charge in [-0.15, -0.1) is 0 Å². The lowest BCUT2D eigenvalue weighted by Gasteiger charge is -2.52. The Morgan fingerprint density at radius 3 is 1.86 bits per heavy atom. The summed E-state index contributed by atoms with van der Waals surface area (Å²) < 4.78 is 56.0. The second-order valence-corrected chi connectivity index (χ2v) is 37.3. The van der Waals surface area contributed by atoms with Crippen LogP contribution in [0.5, 0.6) is 0 Å². The van der Waals surface area contributed by atoms with Gasteiger partial charge in [-0.3, -0.25) is 9.36 Å². The van der Waals surface area contributed by atoms with Crippen LogP contribution in [-0.2, 0) is 36.4 Å². The van der Waals surface area contributed by atoms with Crippen molar-refractivity contribution in [2.45, 2.75) is 180 Å². The van der Waals surface area contributed by atoms with Gasteiger partial charge in [-0.1, -0.05) is 88.7 Å². The highest BCUT2D eigenvalue weighted by Crippen LogP contribution is 2.54. The maximum atomic E-state index is 13.6. The van der Waals surface area contributed by atoms with Gasteiger partial charge in [-0.25, -0.2) is 4.79 Å². The van der Waals surface area contributed by atoms with E-state index in [9.17, 15) is 14.2 Å².